The summed E-state index contributed by atoms with van der Waals surface area (Å²) in [6.45, 7) is 3.97. The van der Waals surface area contributed by atoms with Crippen LogP contribution in [0.5, 0.6) is 5.75 Å². The lowest BCUT2D eigenvalue weighted by atomic mass is 9.97. The molecule has 6 rings (SSSR count). The Labute approximate surface area is 219 Å². The molecule has 1 aliphatic rings. The molecule has 0 fully saturated rings. The van der Waals surface area contributed by atoms with E-state index in [1.54, 1.807) is 30.0 Å². The maximum atomic E-state index is 13.1. The lowest BCUT2D eigenvalue weighted by molar-refractivity contribution is 0.101. The number of aliphatic imine (C=N–C) groups is 1. The predicted octanol–water partition coefficient (Wildman–Crippen LogP) is 8.34. The van der Waals surface area contributed by atoms with Crippen molar-refractivity contribution in [2.24, 2.45) is 4.99 Å². The number of hydrogen-bond donors (Lipinski definition) is 1. The molecule has 182 valence electrons. The Hall–Kier alpha value is -4.09. The van der Waals surface area contributed by atoms with Crippen molar-refractivity contribution in [1.29, 1.82) is 0 Å². The van der Waals surface area contributed by atoms with Gasteiger partial charge in [0, 0.05) is 44.7 Å². The summed E-state index contributed by atoms with van der Waals surface area (Å²) in [4.78, 5) is 19.3. The summed E-state index contributed by atoms with van der Waals surface area (Å²) in [6.07, 6.45) is 0.647. The smallest absolute Gasteiger partial charge is 0.228 e. The Bertz CT molecular complexity index is 1670. The van der Waals surface area contributed by atoms with Crippen LogP contribution in [0.3, 0.4) is 0 Å². The number of ketones is 1. The fourth-order valence-electron chi connectivity index (χ4n) is 4.77. The number of fused-ring (bicyclic) bond motifs is 2. The molecule has 1 N–H and O–H groups in total. The number of aryl methyl sites for hydroxylation is 2. The molecule has 0 aliphatic carbocycles. The van der Waals surface area contributed by atoms with Gasteiger partial charge in [0.25, 0.3) is 0 Å². The summed E-state index contributed by atoms with van der Waals surface area (Å²) < 4.78 is 5.97. The van der Waals surface area contributed by atoms with E-state index in [2.05, 4.69) is 37.3 Å². The van der Waals surface area contributed by atoms with Crippen molar-refractivity contribution in [3.63, 3.8) is 0 Å². The highest BCUT2D eigenvalue weighted by Crippen LogP contribution is 2.46. The van der Waals surface area contributed by atoms with Crippen LogP contribution in [0.15, 0.2) is 105 Å². The average molecular weight is 504 g/mol. The molecule has 2 heterocycles. The van der Waals surface area contributed by atoms with Gasteiger partial charge in [-0.1, -0.05) is 72.3 Å². The summed E-state index contributed by atoms with van der Waals surface area (Å²) in [5, 5.41) is 12.1. The molecule has 1 atom stereocenters. The van der Waals surface area contributed by atoms with Gasteiger partial charge in [0.1, 0.15) is 11.3 Å². The summed E-state index contributed by atoms with van der Waals surface area (Å²) in [5.41, 5.74) is 6.59. The molecule has 1 unspecified atom stereocenters. The first kappa shape index (κ1) is 23.3. The number of phenolic OH excluding ortho intramolecular Hbond substituents is 1. The molecule has 0 saturated heterocycles. The summed E-state index contributed by atoms with van der Waals surface area (Å²) in [5.74, 6) is 0.205. The summed E-state index contributed by atoms with van der Waals surface area (Å²) >= 11 is 1.79. The number of carbonyl (C=O) groups excluding carboxylic acids is 1. The van der Waals surface area contributed by atoms with E-state index in [1.807, 2.05) is 49.4 Å². The van der Waals surface area contributed by atoms with Crippen LogP contribution >= 0.6 is 11.8 Å². The molecule has 0 bridgehead atoms. The van der Waals surface area contributed by atoms with Crippen LogP contribution in [0, 0.1) is 13.8 Å². The van der Waals surface area contributed by atoms with Gasteiger partial charge in [0.2, 0.25) is 5.78 Å². The SMILES string of the molecule is Cc1ccc(C2CC(c3cc4c(C)c(C(=O)c5ccccc5)oc4cc3O)=Nc3ccccc3S2)cc1. The molecule has 4 aromatic carbocycles. The standard InChI is InChI=1S/C32H25NO3S/c1-19-12-14-21(15-13-19)30-17-26(33-25-10-6-7-11-29(25)37-30)24-16-23-20(2)32(36-28(23)18-27(24)34)31(35)22-8-4-3-5-9-22/h3-16,18,30,34H,17H2,1-2H3. The molecule has 5 aromatic rings. The minimum atomic E-state index is -0.174. The number of aromatic hydroxyl groups is 1. The first-order chi connectivity index (χ1) is 18.0. The average Bonchev–Trinajstić information content (AvgIpc) is 3.10. The van der Waals surface area contributed by atoms with Crippen molar-refractivity contribution in [3.05, 3.63) is 125 Å². The second-order valence-electron chi connectivity index (χ2n) is 9.36. The molecule has 0 spiro atoms. The van der Waals surface area contributed by atoms with Crippen molar-refractivity contribution in [1.82, 2.24) is 0 Å². The molecule has 37 heavy (non-hydrogen) atoms. The van der Waals surface area contributed by atoms with Crippen LogP contribution < -0.4 is 0 Å². The lowest BCUT2D eigenvalue weighted by Gasteiger charge is -2.17. The van der Waals surface area contributed by atoms with Crippen molar-refractivity contribution in [2.45, 2.75) is 30.4 Å². The van der Waals surface area contributed by atoms with Gasteiger partial charge in [-0.25, -0.2) is 0 Å². The van der Waals surface area contributed by atoms with Crippen LogP contribution in [0.1, 0.15) is 50.0 Å². The number of hydrogen-bond acceptors (Lipinski definition) is 5. The van der Waals surface area contributed by atoms with Gasteiger partial charge in [0.05, 0.1) is 11.4 Å². The Morgan fingerprint density at radius 2 is 1.68 bits per heavy atom. The van der Waals surface area contributed by atoms with E-state index in [0.717, 1.165) is 27.2 Å². The maximum absolute atomic E-state index is 13.1. The molecule has 1 aliphatic heterocycles. The Balaban J connectivity index is 1.46. The topological polar surface area (TPSA) is 62.8 Å². The van der Waals surface area contributed by atoms with E-state index < -0.39 is 0 Å². The normalized spacial score (nSPS) is 15.2. The number of furan rings is 1. The monoisotopic (exact) mass is 503 g/mol. The van der Waals surface area contributed by atoms with E-state index in [1.165, 1.54) is 11.1 Å². The number of para-hydroxylation sites is 1. The number of rotatable bonds is 4. The van der Waals surface area contributed by atoms with Crippen LogP contribution in [-0.2, 0) is 0 Å². The van der Waals surface area contributed by atoms with Crippen LogP contribution in [0.25, 0.3) is 11.0 Å². The van der Waals surface area contributed by atoms with E-state index in [-0.39, 0.29) is 16.8 Å². The third-order valence-electron chi connectivity index (χ3n) is 6.83. The zero-order valence-electron chi connectivity index (χ0n) is 20.6. The highest BCUT2D eigenvalue weighted by atomic mass is 32.2. The van der Waals surface area contributed by atoms with Crippen molar-refractivity contribution in [2.75, 3.05) is 0 Å². The zero-order chi connectivity index (χ0) is 25.5. The Morgan fingerprint density at radius 1 is 0.946 bits per heavy atom. The largest absolute Gasteiger partial charge is 0.507 e. The summed E-state index contributed by atoms with van der Waals surface area (Å²) in [6, 6.07) is 29.3. The molecule has 0 radical (unpaired) electrons. The quantitative estimate of drug-likeness (QED) is 0.250. The van der Waals surface area contributed by atoms with Gasteiger partial charge in [0.15, 0.2) is 5.76 Å². The third kappa shape index (κ3) is 4.36. The van der Waals surface area contributed by atoms with Gasteiger partial charge in [-0.3, -0.25) is 9.79 Å². The summed E-state index contributed by atoms with van der Waals surface area (Å²) in [7, 11) is 0. The molecule has 5 heteroatoms. The third-order valence-corrected chi connectivity index (χ3v) is 8.15. The minimum Gasteiger partial charge on any atom is -0.507 e. The van der Waals surface area contributed by atoms with Crippen molar-refractivity contribution in [3.8, 4) is 5.75 Å². The number of nitrogens with zero attached hydrogens (tertiary/aromatic N) is 1. The molecule has 0 saturated carbocycles. The zero-order valence-corrected chi connectivity index (χ0v) is 21.4. The van der Waals surface area contributed by atoms with Crippen molar-refractivity contribution >= 4 is 39.9 Å². The molecule has 0 amide bonds. The molecule has 4 nitrogen and oxygen atoms in total. The van der Waals surface area contributed by atoms with Crippen LogP contribution in [0.2, 0.25) is 0 Å². The highest BCUT2D eigenvalue weighted by Gasteiger charge is 2.26. The fourth-order valence-corrected chi connectivity index (χ4v) is 6.00. The van der Waals surface area contributed by atoms with Gasteiger partial charge in [-0.15, -0.1) is 11.8 Å². The van der Waals surface area contributed by atoms with Gasteiger partial charge in [-0.2, -0.15) is 0 Å². The van der Waals surface area contributed by atoms with Crippen molar-refractivity contribution < 1.29 is 14.3 Å². The van der Waals surface area contributed by atoms with E-state index >= 15 is 0 Å². The molecule has 1 aromatic heterocycles. The van der Waals surface area contributed by atoms with Gasteiger partial charge in [-0.05, 0) is 37.6 Å². The van der Waals surface area contributed by atoms with E-state index in [0.29, 0.717) is 28.9 Å². The highest BCUT2D eigenvalue weighted by molar-refractivity contribution is 7.99. The molecular formula is C32H25NO3S. The fraction of sp³-hybridized carbons (Fsp3) is 0.125. The first-order valence-corrected chi connectivity index (χ1v) is 13.1. The second-order valence-corrected chi connectivity index (χ2v) is 10.6. The number of carbonyl (C=O) groups is 1. The first-order valence-electron chi connectivity index (χ1n) is 12.2. The Morgan fingerprint density at radius 3 is 2.46 bits per heavy atom. The minimum absolute atomic E-state index is 0.0887. The van der Waals surface area contributed by atoms with Gasteiger partial charge >= 0.3 is 0 Å². The Kier molecular flexibility index (Phi) is 5.93. The number of benzene rings is 4. The van der Waals surface area contributed by atoms with E-state index in [4.69, 9.17) is 9.41 Å². The maximum Gasteiger partial charge on any atom is 0.228 e. The predicted molar refractivity (Wildman–Crippen MR) is 150 cm³/mol. The van der Waals surface area contributed by atoms with E-state index in [9.17, 15) is 9.90 Å². The van der Waals surface area contributed by atoms with Gasteiger partial charge < -0.3 is 9.52 Å². The molecular weight excluding hydrogens is 478 g/mol. The lowest BCUT2D eigenvalue weighted by Crippen LogP contribution is -2.06. The van der Waals surface area contributed by atoms with Crippen LogP contribution in [-0.4, -0.2) is 16.6 Å². The second kappa shape index (κ2) is 9.41. The number of phenols is 1. The van der Waals surface area contributed by atoms with Crippen LogP contribution in [0.4, 0.5) is 5.69 Å². The number of thioether (sulfide) groups is 1.